The van der Waals surface area contributed by atoms with Crippen molar-refractivity contribution in [1.82, 2.24) is 0 Å². The van der Waals surface area contributed by atoms with Crippen molar-refractivity contribution in [2.24, 2.45) is 0 Å². The van der Waals surface area contributed by atoms with E-state index in [-0.39, 0.29) is 13.0 Å². The van der Waals surface area contributed by atoms with Crippen LogP contribution in [0.4, 0.5) is 0 Å². The summed E-state index contributed by atoms with van der Waals surface area (Å²) in [5.74, 6) is -4.98. The molecule has 1 atom stereocenters. The zero-order valence-electron chi connectivity index (χ0n) is 12.1. The lowest BCUT2D eigenvalue weighted by Gasteiger charge is -2.26. The molecule has 0 radical (unpaired) electrons. The molecule has 0 amide bonds. The summed E-state index contributed by atoms with van der Waals surface area (Å²) in [4.78, 5) is 45.3. The highest BCUT2D eigenvalue weighted by Gasteiger charge is 2.47. The lowest BCUT2D eigenvalue weighted by Crippen LogP contribution is -2.47. The summed E-state index contributed by atoms with van der Waals surface area (Å²) < 4.78 is 9.51. The molecule has 0 aromatic rings. The van der Waals surface area contributed by atoms with Crippen LogP contribution in [0.2, 0.25) is 0 Å². The van der Waals surface area contributed by atoms with E-state index in [1.165, 1.54) is 0 Å². The van der Waals surface area contributed by atoms with Crippen LogP contribution in [-0.4, -0.2) is 46.3 Å². The van der Waals surface area contributed by atoms with E-state index in [0.717, 1.165) is 0 Å². The first kappa shape index (κ1) is 18.9. The van der Waals surface area contributed by atoms with Crippen LogP contribution in [-0.2, 0) is 28.7 Å². The molecule has 0 aliphatic carbocycles. The van der Waals surface area contributed by atoms with Gasteiger partial charge in [-0.05, 0) is 12.8 Å². The molecule has 0 saturated carbocycles. The topological polar surface area (TPSA) is 127 Å². The summed E-state index contributed by atoms with van der Waals surface area (Å²) in [5.41, 5.74) is -2.44. The molecule has 0 rings (SSSR count). The Bertz CT molecular complexity index is 403. The van der Waals surface area contributed by atoms with Gasteiger partial charge in [-0.1, -0.05) is 13.8 Å². The summed E-state index contributed by atoms with van der Waals surface area (Å²) in [6.07, 6.45) is -0.996. The second-order valence-corrected chi connectivity index (χ2v) is 4.49. The van der Waals surface area contributed by atoms with E-state index in [2.05, 4.69) is 0 Å². The number of aliphatic carboxylic acids is 2. The number of carboxylic acids is 2. The van der Waals surface area contributed by atoms with Gasteiger partial charge in [0.15, 0.2) is 0 Å². The maximum Gasteiger partial charge on any atom is 0.349 e. The van der Waals surface area contributed by atoms with Crippen LogP contribution < -0.4 is 0 Å². The predicted molar refractivity (Wildman–Crippen MR) is 69.5 cm³/mol. The van der Waals surface area contributed by atoms with Crippen molar-refractivity contribution in [2.75, 3.05) is 6.61 Å². The van der Waals surface area contributed by atoms with E-state index in [1.54, 1.807) is 13.8 Å². The number of carbonyl (C=O) groups excluding carboxylic acids is 2. The molecule has 0 bridgehead atoms. The molecule has 0 spiro atoms. The molecule has 1 unspecified atom stereocenters. The van der Waals surface area contributed by atoms with Crippen molar-refractivity contribution in [2.45, 2.75) is 51.6 Å². The maximum absolute atomic E-state index is 11.6. The van der Waals surface area contributed by atoms with Gasteiger partial charge in [-0.15, -0.1) is 0 Å². The predicted octanol–water partition coefficient (Wildman–Crippen LogP) is 0.971. The van der Waals surface area contributed by atoms with Gasteiger partial charge in [-0.2, -0.15) is 0 Å². The van der Waals surface area contributed by atoms with Crippen molar-refractivity contribution in [3.63, 3.8) is 0 Å². The second kappa shape index (κ2) is 8.93. The molecule has 0 aromatic heterocycles. The van der Waals surface area contributed by atoms with Crippen LogP contribution in [0.1, 0.15) is 46.0 Å². The Morgan fingerprint density at radius 3 is 2.00 bits per heavy atom. The van der Waals surface area contributed by atoms with Gasteiger partial charge >= 0.3 is 23.9 Å². The van der Waals surface area contributed by atoms with Gasteiger partial charge in [0, 0.05) is 6.42 Å². The summed E-state index contributed by atoms with van der Waals surface area (Å²) in [6, 6.07) is 0. The number of rotatable bonds is 10. The van der Waals surface area contributed by atoms with Gasteiger partial charge < -0.3 is 19.7 Å². The lowest BCUT2D eigenvalue weighted by atomic mass is 9.95. The molecular formula is C13H20O8. The van der Waals surface area contributed by atoms with Gasteiger partial charge in [-0.25, -0.2) is 4.79 Å². The maximum atomic E-state index is 11.6. The minimum Gasteiger partial charge on any atom is -0.481 e. The van der Waals surface area contributed by atoms with E-state index in [1.807, 2.05) is 0 Å². The van der Waals surface area contributed by atoms with Crippen LogP contribution in [0.3, 0.4) is 0 Å². The van der Waals surface area contributed by atoms with Crippen LogP contribution in [0.25, 0.3) is 0 Å². The lowest BCUT2D eigenvalue weighted by molar-refractivity contribution is -0.187. The Morgan fingerprint density at radius 1 is 0.952 bits per heavy atom. The zero-order chi connectivity index (χ0) is 16.5. The smallest absolute Gasteiger partial charge is 0.349 e. The van der Waals surface area contributed by atoms with E-state index in [9.17, 15) is 24.3 Å². The van der Waals surface area contributed by atoms with Crippen molar-refractivity contribution in [3.05, 3.63) is 0 Å². The third kappa shape index (κ3) is 6.73. The Hall–Kier alpha value is -2.12. The summed E-state index contributed by atoms with van der Waals surface area (Å²) >= 11 is 0. The SMILES string of the molecule is CCCOC(=O)CC(CC(=O)O)(OC(=O)CCC)C(=O)O. The van der Waals surface area contributed by atoms with E-state index in [0.29, 0.717) is 12.8 Å². The second-order valence-electron chi connectivity index (χ2n) is 4.49. The molecule has 120 valence electrons. The molecule has 8 nitrogen and oxygen atoms in total. The molecule has 0 heterocycles. The van der Waals surface area contributed by atoms with Crippen LogP contribution in [0.5, 0.6) is 0 Å². The molecule has 0 aromatic carbocycles. The zero-order valence-corrected chi connectivity index (χ0v) is 12.1. The van der Waals surface area contributed by atoms with Crippen molar-refractivity contribution >= 4 is 23.9 Å². The first-order valence-electron chi connectivity index (χ1n) is 6.60. The molecule has 0 aliphatic rings. The first-order chi connectivity index (χ1) is 9.77. The van der Waals surface area contributed by atoms with Gasteiger partial charge in [0.1, 0.15) is 0 Å². The Kier molecular flexibility index (Phi) is 8.03. The minimum absolute atomic E-state index is 0.0708. The monoisotopic (exact) mass is 304 g/mol. The number of carboxylic acid groups (broad SMARTS) is 2. The van der Waals surface area contributed by atoms with Gasteiger partial charge in [0.05, 0.1) is 19.4 Å². The molecule has 0 aliphatic heterocycles. The molecular weight excluding hydrogens is 284 g/mol. The average Bonchev–Trinajstić information content (AvgIpc) is 2.35. The molecule has 0 saturated heterocycles. The first-order valence-corrected chi connectivity index (χ1v) is 6.60. The quantitative estimate of drug-likeness (QED) is 0.571. The van der Waals surface area contributed by atoms with Crippen LogP contribution in [0, 0.1) is 0 Å². The number of ether oxygens (including phenoxy) is 2. The van der Waals surface area contributed by atoms with Crippen molar-refractivity contribution in [3.8, 4) is 0 Å². The van der Waals surface area contributed by atoms with Gasteiger partial charge in [0.25, 0.3) is 0 Å². The standard InChI is InChI=1S/C13H20O8/c1-3-5-10(16)21-13(12(18)19,7-9(14)15)8-11(17)20-6-4-2/h3-8H2,1-2H3,(H,14,15)(H,18,19). The van der Waals surface area contributed by atoms with Gasteiger partial charge in [-0.3, -0.25) is 14.4 Å². The van der Waals surface area contributed by atoms with Crippen molar-refractivity contribution in [1.29, 1.82) is 0 Å². The number of hydrogen-bond acceptors (Lipinski definition) is 6. The molecule has 8 heteroatoms. The fourth-order valence-corrected chi connectivity index (χ4v) is 1.55. The summed E-state index contributed by atoms with van der Waals surface area (Å²) in [6.45, 7) is 3.50. The number of carbonyl (C=O) groups is 4. The minimum atomic E-state index is -2.44. The Balaban J connectivity index is 5.18. The van der Waals surface area contributed by atoms with Crippen LogP contribution in [0.15, 0.2) is 0 Å². The number of esters is 2. The summed E-state index contributed by atoms with van der Waals surface area (Å²) in [5, 5.41) is 18.0. The average molecular weight is 304 g/mol. The van der Waals surface area contributed by atoms with Crippen molar-refractivity contribution < 1.29 is 38.9 Å². The van der Waals surface area contributed by atoms with E-state index >= 15 is 0 Å². The fraction of sp³-hybridized carbons (Fsp3) is 0.692. The molecule has 21 heavy (non-hydrogen) atoms. The molecule has 0 fully saturated rings. The Morgan fingerprint density at radius 2 is 1.57 bits per heavy atom. The highest BCUT2D eigenvalue weighted by molar-refractivity contribution is 5.91. The fourth-order valence-electron chi connectivity index (χ4n) is 1.55. The number of hydrogen-bond donors (Lipinski definition) is 2. The summed E-state index contributed by atoms with van der Waals surface area (Å²) in [7, 11) is 0. The van der Waals surface area contributed by atoms with E-state index < -0.39 is 42.3 Å². The highest BCUT2D eigenvalue weighted by atomic mass is 16.6. The third-order valence-electron chi connectivity index (χ3n) is 2.49. The highest BCUT2D eigenvalue weighted by Crippen LogP contribution is 2.24. The van der Waals surface area contributed by atoms with E-state index in [4.69, 9.17) is 14.6 Å². The normalized spacial score (nSPS) is 13.0. The largest absolute Gasteiger partial charge is 0.481 e. The van der Waals surface area contributed by atoms with Gasteiger partial charge in [0.2, 0.25) is 5.60 Å². The van der Waals surface area contributed by atoms with Crippen LogP contribution >= 0.6 is 0 Å². The third-order valence-corrected chi connectivity index (χ3v) is 2.49. The Labute approximate surface area is 122 Å². The molecule has 2 N–H and O–H groups in total.